The van der Waals surface area contributed by atoms with Gasteiger partial charge in [-0.25, -0.2) is 9.07 Å². The molecule has 5 nitrogen and oxygen atoms in total. The van der Waals surface area contributed by atoms with Crippen molar-refractivity contribution in [1.29, 1.82) is 0 Å². The van der Waals surface area contributed by atoms with Crippen LogP contribution in [0.15, 0.2) is 48.5 Å². The van der Waals surface area contributed by atoms with Gasteiger partial charge in [0.1, 0.15) is 17.3 Å². The van der Waals surface area contributed by atoms with E-state index < -0.39 is 0 Å². The monoisotopic (exact) mass is 365 g/mol. The van der Waals surface area contributed by atoms with Crippen LogP contribution in [0.2, 0.25) is 0 Å². The number of halogens is 1. The summed E-state index contributed by atoms with van der Waals surface area (Å²) in [6.07, 6.45) is 2.53. The number of para-hydroxylation sites is 1. The molecule has 0 atom stereocenters. The Balaban J connectivity index is 1.57. The summed E-state index contributed by atoms with van der Waals surface area (Å²) in [5, 5.41) is 7.36. The van der Waals surface area contributed by atoms with E-state index in [1.165, 1.54) is 6.07 Å². The topological polar surface area (TPSA) is 56.1 Å². The van der Waals surface area contributed by atoms with Gasteiger partial charge in [0.05, 0.1) is 7.11 Å². The molecule has 0 aliphatic heterocycles. The average molecular weight is 365 g/mol. The molecule has 0 saturated heterocycles. The van der Waals surface area contributed by atoms with Crippen molar-refractivity contribution in [1.82, 2.24) is 15.1 Å². The number of aromatic nitrogens is 2. The van der Waals surface area contributed by atoms with Crippen molar-refractivity contribution in [2.24, 2.45) is 0 Å². The number of hydrogen-bond donors (Lipinski definition) is 1. The summed E-state index contributed by atoms with van der Waals surface area (Å²) in [5.41, 5.74) is 3.58. The summed E-state index contributed by atoms with van der Waals surface area (Å²) in [5.74, 6) is 0.186. The van der Waals surface area contributed by atoms with Gasteiger partial charge in [-0.3, -0.25) is 4.79 Å². The van der Waals surface area contributed by atoms with E-state index >= 15 is 0 Å². The third-order valence-electron chi connectivity index (χ3n) is 4.84. The Hall–Kier alpha value is -3.15. The number of amides is 1. The van der Waals surface area contributed by atoms with Gasteiger partial charge >= 0.3 is 0 Å². The Morgan fingerprint density at radius 1 is 1.19 bits per heavy atom. The standard InChI is InChI=1S/C21H20FN3O2/c1-27-15-11-9-14(10-12-15)13-23-21(26)20-16-5-4-8-18(16)25(24-20)19-7-3-2-6-17(19)22/h2-3,6-7,9-12H,4-5,8,13H2,1H3,(H,23,26). The normalized spacial score (nSPS) is 12.7. The van der Waals surface area contributed by atoms with Crippen molar-refractivity contribution in [2.45, 2.75) is 25.8 Å². The van der Waals surface area contributed by atoms with E-state index in [9.17, 15) is 9.18 Å². The molecular weight excluding hydrogens is 345 g/mol. The van der Waals surface area contributed by atoms with Crippen LogP contribution < -0.4 is 10.1 Å². The molecule has 0 radical (unpaired) electrons. The predicted molar refractivity (Wildman–Crippen MR) is 99.7 cm³/mol. The second-order valence-corrected chi connectivity index (χ2v) is 6.52. The van der Waals surface area contributed by atoms with Gasteiger partial charge in [-0.15, -0.1) is 0 Å². The molecular formula is C21H20FN3O2. The second-order valence-electron chi connectivity index (χ2n) is 6.52. The van der Waals surface area contributed by atoms with Crippen LogP contribution in [0.1, 0.15) is 33.7 Å². The van der Waals surface area contributed by atoms with Crippen LogP contribution >= 0.6 is 0 Å². The van der Waals surface area contributed by atoms with Gasteiger partial charge in [0.25, 0.3) is 5.91 Å². The van der Waals surface area contributed by atoms with Crippen LogP contribution in [0.3, 0.4) is 0 Å². The lowest BCUT2D eigenvalue weighted by Crippen LogP contribution is -2.24. The second kappa shape index (κ2) is 7.23. The van der Waals surface area contributed by atoms with E-state index in [1.807, 2.05) is 24.3 Å². The number of benzene rings is 2. The maximum atomic E-state index is 14.2. The molecule has 0 unspecified atom stereocenters. The minimum Gasteiger partial charge on any atom is -0.497 e. The quantitative estimate of drug-likeness (QED) is 0.754. The highest BCUT2D eigenvalue weighted by atomic mass is 19.1. The van der Waals surface area contributed by atoms with Crippen molar-refractivity contribution in [2.75, 3.05) is 7.11 Å². The smallest absolute Gasteiger partial charge is 0.272 e. The third kappa shape index (κ3) is 3.30. The zero-order valence-electron chi connectivity index (χ0n) is 15.0. The number of hydrogen-bond acceptors (Lipinski definition) is 3. The lowest BCUT2D eigenvalue weighted by molar-refractivity contribution is 0.0944. The predicted octanol–water partition coefficient (Wildman–Crippen LogP) is 3.44. The first kappa shape index (κ1) is 17.3. The SMILES string of the molecule is COc1ccc(CNC(=O)c2nn(-c3ccccc3F)c3c2CCC3)cc1. The Labute approximate surface area is 156 Å². The van der Waals surface area contributed by atoms with Gasteiger partial charge in [-0.1, -0.05) is 24.3 Å². The average Bonchev–Trinajstić information content (AvgIpc) is 3.30. The summed E-state index contributed by atoms with van der Waals surface area (Å²) < 4.78 is 20.9. The van der Waals surface area contributed by atoms with Crippen molar-refractivity contribution < 1.29 is 13.9 Å². The number of fused-ring (bicyclic) bond motifs is 1. The van der Waals surface area contributed by atoms with E-state index in [0.29, 0.717) is 17.9 Å². The summed E-state index contributed by atoms with van der Waals surface area (Å²) >= 11 is 0. The fourth-order valence-corrected chi connectivity index (χ4v) is 3.45. The van der Waals surface area contributed by atoms with E-state index in [2.05, 4.69) is 10.4 Å². The largest absolute Gasteiger partial charge is 0.497 e. The van der Waals surface area contributed by atoms with Crippen molar-refractivity contribution in [3.05, 3.63) is 76.9 Å². The first-order valence-corrected chi connectivity index (χ1v) is 8.94. The first-order chi connectivity index (χ1) is 13.2. The molecule has 0 spiro atoms. The summed E-state index contributed by atoms with van der Waals surface area (Å²) in [6, 6.07) is 14.0. The number of nitrogens with one attached hydrogen (secondary N) is 1. The molecule has 1 amide bonds. The van der Waals surface area contributed by atoms with Crippen molar-refractivity contribution in [3.8, 4) is 11.4 Å². The molecule has 1 heterocycles. The van der Waals surface area contributed by atoms with E-state index in [-0.39, 0.29) is 11.7 Å². The Kier molecular flexibility index (Phi) is 4.62. The van der Waals surface area contributed by atoms with Gasteiger partial charge in [0.15, 0.2) is 5.69 Å². The number of rotatable bonds is 5. The Morgan fingerprint density at radius 3 is 2.70 bits per heavy atom. The van der Waals surface area contributed by atoms with Crippen molar-refractivity contribution >= 4 is 5.91 Å². The number of ether oxygens (including phenoxy) is 1. The molecule has 1 aliphatic rings. The van der Waals surface area contributed by atoms with Crippen LogP contribution in [0, 0.1) is 5.82 Å². The van der Waals surface area contributed by atoms with E-state index in [0.717, 1.165) is 41.8 Å². The molecule has 2 aromatic carbocycles. The summed E-state index contributed by atoms with van der Waals surface area (Å²) in [6.45, 7) is 0.393. The molecule has 0 saturated carbocycles. The molecule has 27 heavy (non-hydrogen) atoms. The summed E-state index contributed by atoms with van der Waals surface area (Å²) in [7, 11) is 1.61. The Morgan fingerprint density at radius 2 is 1.96 bits per heavy atom. The van der Waals surface area contributed by atoms with E-state index in [4.69, 9.17) is 4.74 Å². The Bertz CT molecular complexity index is 980. The van der Waals surface area contributed by atoms with Gasteiger partial charge < -0.3 is 10.1 Å². The highest BCUT2D eigenvalue weighted by Gasteiger charge is 2.27. The highest BCUT2D eigenvalue weighted by Crippen LogP contribution is 2.28. The number of carbonyl (C=O) groups is 1. The molecule has 138 valence electrons. The molecule has 4 rings (SSSR count). The van der Waals surface area contributed by atoms with Crippen molar-refractivity contribution in [3.63, 3.8) is 0 Å². The maximum Gasteiger partial charge on any atom is 0.272 e. The lowest BCUT2D eigenvalue weighted by Gasteiger charge is -2.07. The van der Waals surface area contributed by atoms with Crippen LogP contribution in [0.25, 0.3) is 5.69 Å². The minimum absolute atomic E-state index is 0.237. The zero-order chi connectivity index (χ0) is 18.8. The number of carbonyl (C=O) groups excluding carboxylic acids is 1. The van der Waals surface area contributed by atoms with Gasteiger partial charge in [0, 0.05) is 17.8 Å². The van der Waals surface area contributed by atoms with Crippen LogP contribution in [0.4, 0.5) is 4.39 Å². The molecule has 0 fully saturated rings. The van der Waals surface area contributed by atoms with Crippen LogP contribution in [-0.4, -0.2) is 22.8 Å². The molecule has 1 aliphatic carbocycles. The fraction of sp³-hybridized carbons (Fsp3) is 0.238. The molecule has 6 heteroatoms. The third-order valence-corrected chi connectivity index (χ3v) is 4.84. The highest BCUT2D eigenvalue weighted by molar-refractivity contribution is 5.94. The summed E-state index contributed by atoms with van der Waals surface area (Å²) in [4.78, 5) is 12.7. The van der Waals surface area contributed by atoms with Gasteiger partial charge in [-0.2, -0.15) is 5.10 Å². The first-order valence-electron chi connectivity index (χ1n) is 8.94. The van der Waals surface area contributed by atoms with E-state index in [1.54, 1.807) is 30.0 Å². The molecule has 0 bridgehead atoms. The van der Waals surface area contributed by atoms with Crippen LogP contribution in [0.5, 0.6) is 5.75 Å². The number of nitrogens with zero attached hydrogens (tertiary/aromatic N) is 2. The maximum absolute atomic E-state index is 14.2. The fourth-order valence-electron chi connectivity index (χ4n) is 3.45. The molecule has 1 N–H and O–H groups in total. The minimum atomic E-state index is -0.347. The van der Waals surface area contributed by atoms with Crippen LogP contribution in [-0.2, 0) is 19.4 Å². The number of methoxy groups -OCH3 is 1. The zero-order valence-corrected chi connectivity index (χ0v) is 15.0. The van der Waals surface area contributed by atoms with Gasteiger partial charge in [0.2, 0.25) is 0 Å². The molecule has 3 aromatic rings. The lowest BCUT2D eigenvalue weighted by atomic mass is 10.1. The molecule has 1 aromatic heterocycles. The van der Waals surface area contributed by atoms with Gasteiger partial charge in [-0.05, 0) is 49.1 Å².